The molecule has 3 aromatic rings. The Balaban J connectivity index is 1.67. The molecule has 0 spiro atoms. The highest BCUT2D eigenvalue weighted by Gasteiger charge is 2.22. The molecule has 3 rings (SSSR count). The summed E-state index contributed by atoms with van der Waals surface area (Å²) < 4.78 is 21.8. The normalized spacial score (nSPS) is 11.7. The van der Waals surface area contributed by atoms with Crippen LogP contribution in [0.25, 0.3) is 11.4 Å². The molecule has 0 aliphatic rings. The Hall–Kier alpha value is -3.55. The molecule has 1 atom stereocenters. The Labute approximate surface area is 181 Å². The Morgan fingerprint density at radius 1 is 1.10 bits per heavy atom. The summed E-state index contributed by atoms with van der Waals surface area (Å²) in [7, 11) is 4.81. The van der Waals surface area contributed by atoms with Gasteiger partial charge in [-0.3, -0.25) is 4.79 Å². The topological polar surface area (TPSA) is 86.9 Å². The fraction of sp³-hybridized carbons (Fsp3) is 0.348. The van der Waals surface area contributed by atoms with Gasteiger partial charge >= 0.3 is 0 Å². The van der Waals surface area contributed by atoms with E-state index in [1.165, 1.54) is 4.90 Å². The lowest BCUT2D eigenvalue weighted by molar-refractivity contribution is -0.137. The molecular formula is C23H27N3O5. The van der Waals surface area contributed by atoms with E-state index in [1.54, 1.807) is 46.4 Å². The first-order chi connectivity index (χ1) is 14.8. The number of rotatable bonds is 8. The highest BCUT2D eigenvalue weighted by molar-refractivity contribution is 5.80. The van der Waals surface area contributed by atoms with Gasteiger partial charge in [-0.05, 0) is 44.5 Å². The molecule has 2 aromatic carbocycles. The lowest BCUT2D eigenvalue weighted by atomic mass is 10.1. The van der Waals surface area contributed by atoms with Crippen LogP contribution in [-0.2, 0) is 11.3 Å². The Morgan fingerprint density at radius 2 is 1.87 bits per heavy atom. The summed E-state index contributed by atoms with van der Waals surface area (Å²) in [5.74, 6) is 2.39. The molecule has 0 saturated carbocycles. The van der Waals surface area contributed by atoms with Crippen LogP contribution >= 0.6 is 0 Å². The minimum atomic E-state index is -0.657. The molecule has 8 heteroatoms. The lowest BCUT2D eigenvalue weighted by Gasteiger charge is -2.21. The van der Waals surface area contributed by atoms with Gasteiger partial charge in [-0.15, -0.1) is 0 Å². The molecule has 31 heavy (non-hydrogen) atoms. The second kappa shape index (κ2) is 9.51. The molecule has 0 fully saturated rings. The van der Waals surface area contributed by atoms with Crippen LogP contribution in [-0.4, -0.2) is 48.3 Å². The number of amides is 1. The number of hydrogen-bond acceptors (Lipinski definition) is 7. The Bertz CT molecular complexity index is 1060. The summed E-state index contributed by atoms with van der Waals surface area (Å²) in [6, 6.07) is 11.2. The number of benzene rings is 2. The largest absolute Gasteiger partial charge is 0.497 e. The van der Waals surface area contributed by atoms with Crippen molar-refractivity contribution in [1.29, 1.82) is 0 Å². The fourth-order valence-corrected chi connectivity index (χ4v) is 3.18. The summed E-state index contributed by atoms with van der Waals surface area (Å²) in [4.78, 5) is 18.7. The lowest BCUT2D eigenvalue weighted by Crippen LogP contribution is -2.37. The molecular weight excluding hydrogens is 398 g/mol. The minimum absolute atomic E-state index is 0.158. The third-order valence-electron chi connectivity index (χ3n) is 4.85. The first-order valence-electron chi connectivity index (χ1n) is 9.86. The van der Waals surface area contributed by atoms with Crippen LogP contribution in [0.3, 0.4) is 0 Å². The highest BCUT2D eigenvalue weighted by Crippen LogP contribution is 2.31. The van der Waals surface area contributed by atoms with Crippen molar-refractivity contribution >= 4 is 5.91 Å². The van der Waals surface area contributed by atoms with E-state index in [0.717, 1.165) is 11.1 Å². The summed E-state index contributed by atoms with van der Waals surface area (Å²) in [6.07, 6.45) is -0.657. The van der Waals surface area contributed by atoms with E-state index in [9.17, 15) is 4.79 Å². The van der Waals surface area contributed by atoms with E-state index in [-0.39, 0.29) is 12.5 Å². The molecule has 0 radical (unpaired) electrons. The Morgan fingerprint density at radius 3 is 2.55 bits per heavy atom. The molecule has 0 saturated heterocycles. The average molecular weight is 425 g/mol. The van der Waals surface area contributed by atoms with Crippen molar-refractivity contribution in [1.82, 2.24) is 15.0 Å². The van der Waals surface area contributed by atoms with Gasteiger partial charge in [0.25, 0.3) is 5.91 Å². The van der Waals surface area contributed by atoms with Crippen molar-refractivity contribution in [3.8, 4) is 28.6 Å². The van der Waals surface area contributed by atoms with Gasteiger partial charge in [0.15, 0.2) is 6.10 Å². The number of nitrogens with zero attached hydrogens (tertiary/aromatic N) is 3. The SMILES string of the molecule is COc1ccc(-c2noc(CN(C)C(=O)[C@H](C)Oc3ccc(C)cc3C)n2)c(OC)c1. The molecule has 1 amide bonds. The molecule has 0 N–H and O–H groups in total. The van der Waals surface area contributed by atoms with E-state index in [0.29, 0.717) is 34.5 Å². The van der Waals surface area contributed by atoms with Crippen LogP contribution in [0.2, 0.25) is 0 Å². The van der Waals surface area contributed by atoms with Gasteiger partial charge in [-0.1, -0.05) is 22.9 Å². The highest BCUT2D eigenvalue weighted by atomic mass is 16.5. The van der Waals surface area contributed by atoms with Crippen LogP contribution in [0.15, 0.2) is 40.9 Å². The summed E-state index contributed by atoms with van der Waals surface area (Å²) >= 11 is 0. The van der Waals surface area contributed by atoms with Crippen molar-refractivity contribution in [3.63, 3.8) is 0 Å². The molecule has 164 valence electrons. The maximum Gasteiger partial charge on any atom is 0.263 e. The number of carbonyl (C=O) groups excluding carboxylic acids is 1. The van der Waals surface area contributed by atoms with Gasteiger partial charge in [0.2, 0.25) is 11.7 Å². The van der Waals surface area contributed by atoms with Crippen LogP contribution in [0.5, 0.6) is 17.2 Å². The molecule has 8 nitrogen and oxygen atoms in total. The smallest absolute Gasteiger partial charge is 0.263 e. The summed E-state index contributed by atoms with van der Waals surface area (Å²) in [6.45, 7) is 5.85. The predicted molar refractivity (Wildman–Crippen MR) is 115 cm³/mol. The van der Waals surface area contributed by atoms with E-state index < -0.39 is 6.10 Å². The quantitative estimate of drug-likeness (QED) is 0.542. The summed E-state index contributed by atoms with van der Waals surface area (Å²) in [5, 5.41) is 4.02. The van der Waals surface area contributed by atoms with Gasteiger partial charge in [0.1, 0.15) is 17.2 Å². The number of carbonyl (C=O) groups is 1. The van der Waals surface area contributed by atoms with Crippen molar-refractivity contribution in [2.45, 2.75) is 33.4 Å². The zero-order valence-electron chi connectivity index (χ0n) is 18.6. The number of ether oxygens (including phenoxy) is 3. The van der Waals surface area contributed by atoms with Gasteiger partial charge in [0.05, 0.1) is 26.3 Å². The fourth-order valence-electron chi connectivity index (χ4n) is 3.18. The van der Waals surface area contributed by atoms with Crippen LogP contribution in [0.4, 0.5) is 0 Å². The summed E-state index contributed by atoms with van der Waals surface area (Å²) in [5.41, 5.74) is 2.79. The number of aryl methyl sites for hydroxylation is 2. The second-order valence-electron chi connectivity index (χ2n) is 7.30. The molecule has 1 aromatic heterocycles. The molecule has 1 heterocycles. The number of hydrogen-bond donors (Lipinski definition) is 0. The second-order valence-corrected chi connectivity index (χ2v) is 7.30. The van der Waals surface area contributed by atoms with E-state index >= 15 is 0 Å². The van der Waals surface area contributed by atoms with Crippen molar-refractivity contribution < 1.29 is 23.5 Å². The molecule has 0 bridgehead atoms. The number of methoxy groups -OCH3 is 2. The van der Waals surface area contributed by atoms with Crippen LogP contribution in [0, 0.1) is 13.8 Å². The standard InChI is InChI=1S/C23H27N3O5/c1-14-7-10-19(15(2)11-14)30-16(3)23(27)26(4)13-21-24-22(25-31-21)18-9-8-17(28-5)12-20(18)29-6/h7-12,16H,13H2,1-6H3/t16-/m0/s1. The number of aromatic nitrogens is 2. The molecule has 0 aliphatic heterocycles. The Kier molecular flexibility index (Phi) is 6.79. The first-order valence-corrected chi connectivity index (χ1v) is 9.86. The van der Waals surface area contributed by atoms with Gasteiger partial charge in [0, 0.05) is 13.1 Å². The van der Waals surface area contributed by atoms with E-state index in [2.05, 4.69) is 10.1 Å². The third-order valence-corrected chi connectivity index (χ3v) is 4.85. The maximum atomic E-state index is 12.8. The molecule has 0 aliphatic carbocycles. The zero-order chi connectivity index (χ0) is 22.5. The first kappa shape index (κ1) is 22.1. The predicted octanol–water partition coefficient (Wildman–Crippen LogP) is 3.80. The van der Waals surface area contributed by atoms with Crippen molar-refractivity contribution in [2.75, 3.05) is 21.3 Å². The van der Waals surface area contributed by atoms with E-state index in [4.69, 9.17) is 18.7 Å². The zero-order valence-corrected chi connectivity index (χ0v) is 18.6. The third kappa shape index (κ3) is 5.14. The van der Waals surface area contributed by atoms with E-state index in [1.807, 2.05) is 32.0 Å². The van der Waals surface area contributed by atoms with Crippen molar-refractivity contribution in [3.05, 3.63) is 53.4 Å². The monoisotopic (exact) mass is 425 g/mol. The van der Waals surface area contributed by atoms with Gasteiger partial charge in [-0.25, -0.2) is 0 Å². The van der Waals surface area contributed by atoms with Crippen LogP contribution in [0.1, 0.15) is 23.9 Å². The average Bonchev–Trinajstić information content (AvgIpc) is 3.22. The minimum Gasteiger partial charge on any atom is -0.497 e. The van der Waals surface area contributed by atoms with Crippen molar-refractivity contribution in [2.24, 2.45) is 0 Å². The van der Waals surface area contributed by atoms with Gasteiger partial charge < -0.3 is 23.6 Å². The molecule has 0 unspecified atom stereocenters. The van der Waals surface area contributed by atoms with Gasteiger partial charge in [-0.2, -0.15) is 4.98 Å². The maximum absolute atomic E-state index is 12.8. The number of likely N-dealkylation sites (N-methyl/N-ethyl adjacent to an activating group) is 1. The van der Waals surface area contributed by atoms with Crippen LogP contribution < -0.4 is 14.2 Å².